The molecule has 0 atom stereocenters. The van der Waals surface area contributed by atoms with Crippen LogP contribution in [0.3, 0.4) is 0 Å². The molecule has 21 heavy (non-hydrogen) atoms. The van der Waals surface area contributed by atoms with Gasteiger partial charge in [0.25, 0.3) is 10.0 Å². The number of imidazole rings is 1. The molecule has 1 aromatic carbocycles. The molecule has 0 saturated heterocycles. The molecule has 0 saturated carbocycles. The average molecular weight is 329 g/mol. The second-order valence-electron chi connectivity index (χ2n) is 4.28. The number of rotatable bonds is 3. The monoisotopic (exact) mass is 328 g/mol. The number of anilines is 1. The quantitative estimate of drug-likeness (QED) is 0.753. The lowest BCUT2D eigenvalue weighted by Gasteiger charge is -2.06. The summed E-state index contributed by atoms with van der Waals surface area (Å²) >= 11 is 5.88. The molecule has 3 rings (SSSR count). The number of fused-ring (bicyclic) bond motifs is 1. The third-order valence-electron chi connectivity index (χ3n) is 2.76. The summed E-state index contributed by atoms with van der Waals surface area (Å²) in [5.41, 5.74) is 0.965. The average Bonchev–Trinajstić information content (AvgIpc) is 2.92. The van der Waals surface area contributed by atoms with Gasteiger partial charge < -0.3 is 8.98 Å². The van der Waals surface area contributed by atoms with Gasteiger partial charge in [0.15, 0.2) is 5.58 Å². The second kappa shape index (κ2) is 4.64. The summed E-state index contributed by atoms with van der Waals surface area (Å²) in [5, 5.41) is -0.271. The zero-order valence-electron chi connectivity index (χ0n) is 10.6. The van der Waals surface area contributed by atoms with Gasteiger partial charge in [0.05, 0.1) is 17.5 Å². The standard InChI is InChI=1S/C11H9ClN4O4S/c1-16-5-13-10(9(16)12)21(18,19)15-6-2-3-8-7(4-6)14-11(17)20-8/h2-5,15H,1H3,(H,14,17). The topological polar surface area (TPSA) is 110 Å². The summed E-state index contributed by atoms with van der Waals surface area (Å²) < 4.78 is 33.0. The molecular weight excluding hydrogens is 320 g/mol. The Labute approximate surface area is 123 Å². The highest BCUT2D eigenvalue weighted by Gasteiger charge is 2.22. The van der Waals surface area contributed by atoms with E-state index in [2.05, 4.69) is 14.7 Å². The van der Waals surface area contributed by atoms with Crippen LogP contribution in [-0.2, 0) is 17.1 Å². The molecule has 110 valence electrons. The number of halogens is 1. The number of hydrogen-bond acceptors (Lipinski definition) is 5. The number of aromatic nitrogens is 3. The number of benzene rings is 1. The molecule has 0 spiro atoms. The van der Waals surface area contributed by atoms with Gasteiger partial charge in [-0.1, -0.05) is 11.6 Å². The molecule has 2 heterocycles. The molecule has 3 aromatic rings. The number of sulfonamides is 1. The Morgan fingerprint density at radius 3 is 2.86 bits per heavy atom. The minimum Gasteiger partial charge on any atom is -0.408 e. The molecule has 10 heteroatoms. The van der Waals surface area contributed by atoms with Gasteiger partial charge in [-0.25, -0.2) is 9.78 Å². The summed E-state index contributed by atoms with van der Waals surface area (Å²) in [6, 6.07) is 4.38. The summed E-state index contributed by atoms with van der Waals surface area (Å²) in [4.78, 5) is 17.3. The SMILES string of the molecule is Cn1cnc(S(=O)(=O)Nc2ccc3oc(=O)[nH]c3c2)c1Cl. The first-order valence-corrected chi connectivity index (χ1v) is 7.55. The largest absolute Gasteiger partial charge is 0.417 e. The van der Waals surface area contributed by atoms with Crippen molar-refractivity contribution in [2.45, 2.75) is 5.03 Å². The Bertz CT molecular complexity index is 985. The van der Waals surface area contributed by atoms with Crippen LogP contribution in [0.1, 0.15) is 0 Å². The van der Waals surface area contributed by atoms with Crippen molar-refractivity contribution in [3.63, 3.8) is 0 Å². The molecular formula is C11H9ClN4O4S. The molecule has 0 fully saturated rings. The first-order valence-electron chi connectivity index (χ1n) is 5.69. The molecule has 2 aromatic heterocycles. The Kier molecular flexibility index (Phi) is 3.03. The van der Waals surface area contributed by atoms with Crippen LogP contribution in [-0.4, -0.2) is 23.0 Å². The smallest absolute Gasteiger partial charge is 0.408 e. The van der Waals surface area contributed by atoms with E-state index in [9.17, 15) is 13.2 Å². The van der Waals surface area contributed by atoms with Crippen molar-refractivity contribution in [3.8, 4) is 0 Å². The van der Waals surface area contributed by atoms with Crippen LogP contribution in [0.5, 0.6) is 0 Å². The fourth-order valence-electron chi connectivity index (χ4n) is 1.79. The van der Waals surface area contributed by atoms with Crippen LogP contribution in [0.25, 0.3) is 11.1 Å². The Morgan fingerprint density at radius 1 is 1.43 bits per heavy atom. The van der Waals surface area contributed by atoms with E-state index in [1.807, 2.05) is 0 Å². The van der Waals surface area contributed by atoms with E-state index in [1.165, 1.54) is 29.1 Å². The van der Waals surface area contributed by atoms with E-state index in [0.29, 0.717) is 11.1 Å². The Hall–Kier alpha value is -2.26. The van der Waals surface area contributed by atoms with Crippen LogP contribution in [0, 0.1) is 0 Å². The van der Waals surface area contributed by atoms with Crippen molar-refractivity contribution in [1.82, 2.24) is 14.5 Å². The van der Waals surface area contributed by atoms with E-state index in [1.54, 1.807) is 7.05 Å². The zero-order valence-corrected chi connectivity index (χ0v) is 12.2. The number of nitrogens with one attached hydrogen (secondary N) is 2. The van der Waals surface area contributed by atoms with Gasteiger partial charge in [-0.2, -0.15) is 8.42 Å². The summed E-state index contributed by atoms with van der Waals surface area (Å²) in [6.07, 6.45) is 1.30. The maximum absolute atomic E-state index is 12.2. The van der Waals surface area contributed by atoms with Gasteiger partial charge in [0.2, 0.25) is 5.03 Å². The number of oxazole rings is 1. The lowest BCUT2D eigenvalue weighted by molar-refractivity contribution is 0.555. The summed E-state index contributed by atoms with van der Waals surface area (Å²) in [7, 11) is -2.34. The number of aromatic amines is 1. The molecule has 0 aliphatic heterocycles. The first-order chi connectivity index (χ1) is 9.87. The lowest BCUT2D eigenvalue weighted by atomic mass is 10.3. The Balaban J connectivity index is 2.00. The maximum atomic E-state index is 12.2. The van der Waals surface area contributed by atoms with Gasteiger partial charge in [0, 0.05) is 7.05 Å². The van der Waals surface area contributed by atoms with Crippen LogP contribution in [0.15, 0.2) is 38.8 Å². The highest BCUT2D eigenvalue weighted by molar-refractivity contribution is 7.92. The van der Waals surface area contributed by atoms with Crippen molar-refractivity contribution in [3.05, 3.63) is 40.2 Å². The fraction of sp³-hybridized carbons (Fsp3) is 0.0909. The second-order valence-corrected chi connectivity index (χ2v) is 6.24. The predicted molar refractivity (Wildman–Crippen MR) is 75.9 cm³/mol. The first kappa shape index (κ1) is 13.7. The normalized spacial score (nSPS) is 11.9. The van der Waals surface area contributed by atoms with E-state index in [4.69, 9.17) is 16.0 Å². The van der Waals surface area contributed by atoms with Gasteiger partial charge >= 0.3 is 5.76 Å². The van der Waals surface area contributed by atoms with Crippen molar-refractivity contribution in [2.75, 3.05) is 4.72 Å². The lowest BCUT2D eigenvalue weighted by Crippen LogP contribution is -2.14. The van der Waals surface area contributed by atoms with Crippen LogP contribution >= 0.6 is 11.6 Å². The minimum absolute atomic E-state index is 0.000274. The molecule has 0 radical (unpaired) electrons. The van der Waals surface area contributed by atoms with Gasteiger partial charge in [0.1, 0.15) is 5.15 Å². The third-order valence-corrected chi connectivity index (χ3v) is 4.63. The van der Waals surface area contributed by atoms with Crippen molar-refractivity contribution < 1.29 is 12.8 Å². The van der Waals surface area contributed by atoms with E-state index < -0.39 is 15.8 Å². The van der Waals surface area contributed by atoms with Crippen molar-refractivity contribution >= 4 is 38.4 Å². The molecule has 0 bridgehead atoms. The van der Waals surface area contributed by atoms with Crippen molar-refractivity contribution in [2.24, 2.45) is 7.05 Å². The molecule has 8 nitrogen and oxygen atoms in total. The van der Waals surface area contributed by atoms with Gasteiger partial charge in [-0.15, -0.1) is 0 Å². The molecule has 0 aliphatic rings. The summed E-state index contributed by atoms with van der Waals surface area (Å²) in [5.74, 6) is -0.613. The molecule has 0 unspecified atom stereocenters. The number of hydrogen-bond donors (Lipinski definition) is 2. The van der Waals surface area contributed by atoms with Crippen molar-refractivity contribution in [1.29, 1.82) is 0 Å². The molecule has 0 aliphatic carbocycles. The summed E-state index contributed by atoms with van der Waals surface area (Å²) in [6.45, 7) is 0. The highest BCUT2D eigenvalue weighted by Crippen LogP contribution is 2.23. The van der Waals surface area contributed by atoms with Gasteiger partial charge in [-0.3, -0.25) is 9.71 Å². The van der Waals surface area contributed by atoms with Crippen LogP contribution in [0.4, 0.5) is 5.69 Å². The molecule has 2 N–H and O–H groups in total. The zero-order chi connectivity index (χ0) is 15.2. The maximum Gasteiger partial charge on any atom is 0.417 e. The molecule has 0 amide bonds. The third kappa shape index (κ3) is 2.41. The Morgan fingerprint density at radius 2 is 2.19 bits per heavy atom. The van der Waals surface area contributed by atoms with Crippen LogP contribution in [0.2, 0.25) is 5.15 Å². The van der Waals surface area contributed by atoms with E-state index >= 15 is 0 Å². The fourth-order valence-corrected chi connectivity index (χ4v) is 3.28. The van der Waals surface area contributed by atoms with E-state index in [-0.39, 0.29) is 15.9 Å². The predicted octanol–water partition coefficient (Wildman–Crippen LogP) is 1.31. The number of nitrogens with zero attached hydrogens (tertiary/aromatic N) is 2. The number of aryl methyl sites for hydroxylation is 1. The van der Waals surface area contributed by atoms with E-state index in [0.717, 1.165) is 0 Å². The van der Waals surface area contributed by atoms with Gasteiger partial charge in [-0.05, 0) is 18.2 Å². The van der Waals surface area contributed by atoms with Crippen LogP contribution < -0.4 is 10.5 Å². The minimum atomic E-state index is -3.92. The number of H-pyrrole nitrogens is 1. The highest BCUT2D eigenvalue weighted by atomic mass is 35.5.